The van der Waals surface area contributed by atoms with Crippen molar-refractivity contribution in [3.63, 3.8) is 0 Å². The van der Waals surface area contributed by atoms with Crippen molar-refractivity contribution in [1.29, 1.82) is 0 Å². The van der Waals surface area contributed by atoms with Gasteiger partial charge in [0.25, 0.3) is 0 Å². The minimum atomic E-state index is -0.804. The molecule has 4 rings (SSSR count). The van der Waals surface area contributed by atoms with Gasteiger partial charge in [-0.25, -0.2) is 8.78 Å². The molecule has 0 aliphatic heterocycles. The molecule has 0 N–H and O–H groups in total. The highest BCUT2D eigenvalue weighted by Gasteiger charge is 2.19. The van der Waals surface area contributed by atoms with Crippen LogP contribution >= 0.6 is 11.3 Å². The van der Waals surface area contributed by atoms with Crippen LogP contribution in [0.25, 0.3) is 21.6 Å². The number of hydrogen-bond donors (Lipinski definition) is 0. The molecule has 0 bridgehead atoms. The second-order valence-corrected chi connectivity index (χ2v) is 8.47. The maximum atomic E-state index is 14.8. The quantitative estimate of drug-likeness (QED) is 0.418. The summed E-state index contributed by atoms with van der Waals surface area (Å²) in [6.45, 7) is 2.78. The smallest absolute Gasteiger partial charge is 0.174 e. The van der Waals surface area contributed by atoms with Crippen LogP contribution in [0, 0.1) is 17.6 Å². The van der Waals surface area contributed by atoms with Crippen LogP contribution in [0.2, 0.25) is 0 Å². The van der Waals surface area contributed by atoms with E-state index < -0.39 is 11.6 Å². The monoisotopic (exact) mass is 398 g/mol. The maximum Gasteiger partial charge on any atom is 0.174 e. The standard InChI is InChI=1S/C24H24F2OS/c1-2-16-7-9-18(10-8-16)19-11-12-20(24(26)23(19)25)21-13-14-22(28-21)27-15-17-5-3-4-6-17/h7-14,17H,2-6,15H2,1H3. The average molecular weight is 399 g/mol. The Bertz CT molecular complexity index is 940. The summed E-state index contributed by atoms with van der Waals surface area (Å²) in [6.07, 6.45) is 5.92. The second kappa shape index (κ2) is 8.44. The van der Waals surface area contributed by atoms with Crippen LogP contribution in [-0.2, 0) is 6.42 Å². The highest BCUT2D eigenvalue weighted by Crippen LogP contribution is 2.38. The molecule has 0 unspecified atom stereocenters. The summed E-state index contributed by atoms with van der Waals surface area (Å²) >= 11 is 1.37. The maximum absolute atomic E-state index is 14.8. The van der Waals surface area contributed by atoms with Gasteiger partial charge in [0.15, 0.2) is 16.7 Å². The van der Waals surface area contributed by atoms with Crippen LogP contribution in [0.15, 0.2) is 48.5 Å². The van der Waals surface area contributed by atoms with Crippen molar-refractivity contribution in [2.45, 2.75) is 39.0 Å². The van der Waals surface area contributed by atoms with E-state index in [1.165, 1.54) is 42.6 Å². The predicted octanol–water partition coefficient (Wildman–Crippen LogP) is 7.49. The number of rotatable bonds is 6. The highest BCUT2D eigenvalue weighted by molar-refractivity contribution is 7.17. The van der Waals surface area contributed by atoms with Crippen molar-refractivity contribution in [1.82, 2.24) is 0 Å². The van der Waals surface area contributed by atoms with E-state index in [9.17, 15) is 8.78 Å². The minimum absolute atomic E-state index is 0.284. The lowest BCUT2D eigenvalue weighted by Gasteiger charge is -2.09. The number of hydrogen-bond acceptors (Lipinski definition) is 2. The van der Waals surface area contributed by atoms with Gasteiger partial charge in [0.1, 0.15) is 0 Å². The van der Waals surface area contributed by atoms with Crippen LogP contribution in [0.5, 0.6) is 5.06 Å². The molecule has 1 heterocycles. The summed E-state index contributed by atoms with van der Waals surface area (Å²) in [5.41, 5.74) is 2.43. The van der Waals surface area contributed by atoms with Gasteiger partial charge in [-0.05, 0) is 54.5 Å². The molecule has 1 aromatic heterocycles. The van der Waals surface area contributed by atoms with E-state index in [2.05, 4.69) is 6.92 Å². The van der Waals surface area contributed by atoms with Crippen molar-refractivity contribution < 1.29 is 13.5 Å². The molecule has 2 aromatic carbocycles. The summed E-state index contributed by atoms with van der Waals surface area (Å²) in [5.74, 6) is -0.983. The van der Waals surface area contributed by atoms with E-state index in [0.29, 0.717) is 23.0 Å². The van der Waals surface area contributed by atoms with Gasteiger partial charge in [0, 0.05) is 16.0 Å². The van der Waals surface area contributed by atoms with Crippen molar-refractivity contribution in [2.75, 3.05) is 6.61 Å². The average Bonchev–Trinajstić information content (AvgIpc) is 3.40. The molecule has 146 valence electrons. The summed E-state index contributed by atoms with van der Waals surface area (Å²) in [5, 5.41) is 0.765. The molecule has 0 saturated heterocycles. The summed E-state index contributed by atoms with van der Waals surface area (Å²) in [6, 6.07) is 14.6. The molecule has 0 amide bonds. The van der Waals surface area contributed by atoms with Gasteiger partial charge in [0.05, 0.1) is 6.61 Å². The fourth-order valence-electron chi connectivity index (χ4n) is 3.80. The Morgan fingerprint density at radius 1 is 0.893 bits per heavy atom. The second-order valence-electron chi connectivity index (χ2n) is 7.42. The Morgan fingerprint density at radius 2 is 1.57 bits per heavy atom. The van der Waals surface area contributed by atoms with Crippen LogP contribution < -0.4 is 4.74 Å². The fourth-order valence-corrected chi connectivity index (χ4v) is 4.69. The van der Waals surface area contributed by atoms with Crippen molar-refractivity contribution >= 4 is 11.3 Å². The van der Waals surface area contributed by atoms with E-state index in [1.807, 2.05) is 36.4 Å². The molecule has 1 aliphatic carbocycles. The lowest BCUT2D eigenvalue weighted by atomic mass is 10.0. The number of thiophene rings is 1. The Hall–Kier alpha value is -2.20. The first-order valence-corrected chi connectivity index (χ1v) is 10.8. The third-order valence-corrected chi connectivity index (χ3v) is 6.57. The van der Waals surface area contributed by atoms with Crippen molar-refractivity contribution in [3.8, 4) is 26.6 Å². The fraction of sp³-hybridized carbons (Fsp3) is 0.333. The topological polar surface area (TPSA) is 9.23 Å². The first kappa shape index (κ1) is 19.1. The first-order chi connectivity index (χ1) is 13.7. The molecule has 3 aromatic rings. The lowest BCUT2D eigenvalue weighted by molar-refractivity contribution is 0.259. The zero-order valence-corrected chi connectivity index (χ0v) is 16.8. The first-order valence-electron chi connectivity index (χ1n) is 9.96. The molecule has 0 radical (unpaired) electrons. The Kier molecular flexibility index (Phi) is 5.77. The van der Waals surface area contributed by atoms with Crippen molar-refractivity contribution in [3.05, 3.63) is 65.7 Å². The van der Waals surface area contributed by atoms with Crippen LogP contribution in [0.3, 0.4) is 0 Å². The minimum Gasteiger partial charge on any atom is -0.484 e. The number of halogens is 2. The van der Waals surface area contributed by atoms with Gasteiger partial charge >= 0.3 is 0 Å². The Labute approximate surface area is 169 Å². The van der Waals surface area contributed by atoms with E-state index in [4.69, 9.17) is 4.74 Å². The van der Waals surface area contributed by atoms with Gasteiger partial charge < -0.3 is 4.74 Å². The molecule has 1 fully saturated rings. The largest absolute Gasteiger partial charge is 0.484 e. The van der Waals surface area contributed by atoms with Gasteiger partial charge in [-0.2, -0.15) is 0 Å². The third kappa shape index (κ3) is 3.97. The Morgan fingerprint density at radius 3 is 2.29 bits per heavy atom. The molecular weight excluding hydrogens is 374 g/mol. The zero-order valence-electron chi connectivity index (χ0n) is 16.0. The van der Waals surface area contributed by atoms with Crippen molar-refractivity contribution in [2.24, 2.45) is 5.92 Å². The van der Waals surface area contributed by atoms with Gasteiger partial charge in [-0.1, -0.05) is 61.4 Å². The van der Waals surface area contributed by atoms with Crippen LogP contribution in [0.1, 0.15) is 38.2 Å². The molecule has 1 saturated carbocycles. The zero-order chi connectivity index (χ0) is 19.5. The summed E-state index contributed by atoms with van der Waals surface area (Å²) in [4.78, 5) is 0.686. The Balaban J connectivity index is 1.54. The lowest BCUT2D eigenvalue weighted by Crippen LogP contribution is -2.06. The predicted molar refractivity (Wildman–Crippen MR) is 112 cm³/mol. The van der Waals surface area contributed by atoms with E-state index in [0.717, 1.165) is 11.5 Å². The molecule has 0 spiro atoms. The molecular formula is C24H24F2OS. The van der Waals surface area contributed by atoms with E-state index >= 15 is 0 Å². The summed E-state index contributed by atoms with van der Waals surface area (Å²) in [7, 11) is 0. The van der Waals surface area contributed by atoms with E-state index in [1.54, 1.807) is 12.1 Å². The number of aryl methyl sites for hydroxylation is 1. The molecule has 1 aliphatic rings. The molecule has 1 nitrogen and oxygen atoms in total. The number of ether oxygens (including phenoxy) is 1. The number of benzene rings is 2. The SMILES string of the molecule is CCc1ccc(-c2ccc(-c3ccc(OCC4CCCC4)s3)c(F)c2F)cc1. The third-order valence-electron chi connectivity index (χ3n) is 5.54. The normalized spacial score (nSPS) is 14.5. The highest BCUT2D eigenvalue weighted by atomic mass is 32.1. The molecule has 0 atom stereocenters. The van der Waals surface area contributed by atoms with Crippen LogP contribution in [0.4, 0.5) is 8.78 Å². The molecule has 4 heteroatoms. The van der Waals surface area contributed by atoms with E-state index in [-0.39, 0.29) is 11.1 Å². The molecule has 28 heavy (non-hydrogen) atoms. The van der Waals surface area contributed by atoms with Crippen LogP contribution in [-0.4, -0.2) is 6.61 Å². The summed E-state index contributed by atoms with van der Waals surface area (Å²) < 4.78 is 35.5. The van der Waals surface area contributed by atoms with Gasteiger partial charge in [0.2, 0.25) is 0 Å². The van der Waals surface area contributed by atoms with Gasteiger partial charge in [-0.15, -0.1) is 0 Å². The van der Waals surface area contributed by atoms with Gasteiger partial charge in [-0.3, -0.25) is 0 Å².